The van der Waals surface area contributed by atoms with E-state index in [-0.39, 0.29) is 23.7 Å². The average Bonchev–Trinajstić information content (AvgIpc) is 3.42. The monoisotopic (exact) mass is 529 g/mol. The van der Waals surface area contributed by atoms with Crippen LogP contribution in [0.3, 0.4) is 0 Å². The molecule has 7 nitrogen and oxygen atoms in total. The highest BCUT2D eigenvalue weighted by atomic mass is 19.3. The molecule has 0 spiro atoms. The highest BCUT2D eigenvalue weighted by Crippen LogP contribution is 2.33. The molecule has 0 radical (unpaired) electrons. The molecule has 3 heterocycles. The highest BCUT2D eigenvalue weighted by molar-refractivity contribution is 5.60. The number of hydrogen-bond donors (Lipinski definition) is 0. The van der Waals surface area contributed by atoms with E-state index >= 15 is 4.39 Å². The number of halogens is 3. The van der Waals surface area contributed by atoms with Crippen LogP contribution in [0, 0.1) is 5.82 Å². The van der Waals surface area contributed by atoms with Gasteiger partial charge >= 0.3 is 0 Å². The number of hydrogen-bond acceptors (Lipinski definition) is 5. The minimum Gasteiger partial charge on any atom is -0.483 e. The Morgan fingerprint density at radius 1 is 0.897 bits per heavy atom. The molecule has 0 bridgehead atoms. The van der Waals surface area contributed by atoms with Crippen molar-refractivity contribution in [3.63, 3.8) is 0 Å². The lowest BCUT2D eigenvalue weighted by Crippen LogP contribution is -2.56. The van der Waals surface area contributed by atoms with E-state index in [1.54, 1.807) is 23.0 Å². The molecule has 0 unspecified atom stereocenters. The number of anilines is 1. The molecule has 10 heteroatoms. The van der Waals surface area contributed by atoms with Crippen molar-refractivity contribution < 1.29 is 17.9 Å². The molecule has 0 aliphatic carbocycles. The van der Waals surface area contributed by atoms with Gasteiger partial charge in [-0.25, -0.2) is 22.5 Å². The van der Waals surface area contributed by atoms with Crippen molar-refractivity contribution in [2.24, 2.45) is 0 Å². The summed E-state index contributed by atoms with van der Waals surface area (Å²) in [5.41, 5.74) is 1.84. The van der Waals surface area contributed by atoms with Crippen LogP contribution in [0.1, 0.15) is 5.56 Å². The molecule has 39 heavy (non-hydrogen) atoms. The molecule has 0 saturated carbocycles. The summed E-state index contributed by atoms with van der Waals surface area (Å²) < 4.78 is 50.7. The first kappa shape index (κ1) is 24.5. The largest absolute Gasteiger partial charge is 0.483 e. The Kier molecular flexibility index (Phi) is 6.14. The second kappa shape index (κ2) is 9.79. The van der Waals surface area contributed by atoms with Crippen LogP contribution in [0.15, 0.2) is 102 Å². The van der Waals surface area contributed by atoms with Crippen LogP contribution >= 0.6 is 0 Å². The van der Waals surface area contributed by atoms with Crippen molar-refractivity contribution in [1.82, 2.24) is 19.6 Å². The lowest BCUT2D eigenvalue weighted by Gasteiger charge is -2.40. The molecule has 3 aromatic carbocycles. The molecule has 0 N–H and O–H groups in total. The van der Waals surface area contributed by atoms with Gasteiger partial charge in [-0.15, -0.1) is 0 Å². The van der Waals surface area contributed by atoms with E-state index in [1.165, 1.54) is 27.9 Å². The number of ether oxygens (including phenoxy) is 1. The molecule has 1 fully saturated rings. The fourth-order valence-electron chi connectivity index (χ4n) is 4.43. The van der Waals surface area contributed by atoms with Crippen LogP contribution in [-0.4, -0.2) is 38.6 Å². The van der Waals surface area contributed by atoms with Gasteiger partial charge in [-0.1, -0.05) is 48.5 Å². The van der Waals surface area contributed by atoms with Gasteiger partial charge in [-0.05, 0) is 42.0 Å². The topological polar surface area (TPSA) is 65.2 Å². The molecule has 196 valence electrons. The van der Waals surface area contributed by atoms with E-state index < -0.39 is 30.3 Å². The van der Waals surface area contributed by atoms with Crippen molar-refractivity contribution in [3.05, 3.63) is 119 Å². The van der Waals surface area contributed by atoms with Crippen molar-refractivity contribution in [2.45, 2.75) is 12.5 Å². The average molecular weight is 530 g/mol. The smallest absolute Gasteiger partial charge is 0.282 e. The van der Waals surface area contributed by atoms with E-state index in [0.717, 1.165) is 5.56 Å². The Morgan fingerprint density at radius 2 is 1.62 bits per heavy atom. The lowest BCUT2D eigenvalue weighted by atomic mass is 10.1. The molecule has 0 amide bonds. The van der Waals surface area contributed by atoms with Crippen molar-refractivity contribution in [3.8, 4) is 28.5 Å². The van der Waals surface area contributed by atoms with E-state index in [9.17, 15) is 13.6 Å². The summed E-state index contributed by atoms with van der Waals surface area (Å²) in [5, 5.41) is 8.82. The van der Waals surface area contributed by atoms with Gasteiger partial charge in [0.25, 0.3) is 11.4 Å². The van der Waals surface area contributed by atoms with Gasteiger partial charge in [-0.2, -0.15) is 10.2 Å². The second-order valence-electron chi connectivity index (χ2n) is 9.20. The van der Waals surface area contributed by atoms with Gasteiger partial charge in [0.2, 0.25) is 0 Å². The summed E-state index contributed by atoms with van der Waals surface area (Å²) in [6, 6.07) is 24.4. The molecule has 1 saturated heterocycles. The summed E-state index contributed by atoms with van der Waals surface area (Å²) >= 11 is 0. The fraction of sp³-hybridized carbons (Fsp3) is 0.138. The predicted molar refractivity (Wildman–Crippen MR) is 140 cm³/mol. The number of aromatic nitrogens is 4. The maximum absolute atomic E-state index is 15.3. The van der Waals surface area contributed by atoms with Gasteiger partial charge in [0.1, 0.15) is 12.3 Å². The Balaban J connectivity index is 1.43. The zero-order valence-electron chi connectivity index (χ0n) is 20.5. The van der Waals surface area contributed by atoms with Gasteiger partial charge in [0.05, 0.1) is 36.9 Å². The predicted octanol–water partition coefficient (Wildman–Crippen LogP) is 5.26. The standard InChI is InChI=1S/C29H22F3N5O2/c30-23-15-22(35-18-29(31,32)19-35)11-12-24(23)36-16-26(39-17-20-7-3-1-4-8-20)28(38)27(34-36)25-13-14-33-37(25)21-9-5-2-6-10-21/h1-16H,17-19H2. The molecule has 2 aromatic heterocycles. The molecule has 6 rings (SSSR count). The summed E-state index contributed by atoms with van der Waals surface area (Å²) in [4.78, 5) is 15.0. The normalized spacial score (nSPS) is 14.2. The van der Waals surface area contributed by atoms with Crippen LogP contribution in [0.25, 0.3) is 22.8 Å². The van der Waals surface area contributed by atoms with Crippen LogP contribution in [0.5, 0.6) is 5.75 Å². The quantitative estimate of drug-likeness (QED) is 0.288. The first-order valence-corrected chi connectivity index (χ1v) is 12.2. The summed E-state index contributed by atoms with van der Waals surface area (Å²) in [7, 11) is 0. The van der Waals surface area contributed by atoms with Gasteiger partial charge in [-0.3, -0.25) is 4.79 Å². The SMILES string of the molecule is O=c1c(OCc2ccccc2)cn(-c2ccc(N3CC(F)(F)C3)cc2F)nc1-c1ccnn1-c1ccccc1. The second-order valence-corrected chi connectivity index (χ2v) is 9.20. The zero-order chi connectivity index (χ0) is 27.0. The van der Waals surface area contributed by atoms with Crippen molar-refractivity contribution in [1.29, 1.82) is 0 Å². The lowest BCUT2D eigenvalue weighted by molar-refractivity contribution is -0.0262. The Hall–Kier alpha value is -4.86. The van der Waals surface area contributed by atoms with Gasteiger partial charge < -0.3 is 9.64 Å². The van der Waals surface area contributed by atoms with Gasteiger partial charge in [0, 0.05) is 5.69 Å². The third-order valence-electron chi connectivity index (χ3n) is 6.40. The summed E-state index contributed by atoms with van der Waals surface area (Å²) in [5.74, 6) is -3.50. The number of alkyl halides is 2. The fourth-order valence-corrected chi connectivity index (χ4v) is 4.43. The minimum absolute atomic E-state index is 0.00720. The van der Waals surface area contributed by atoms with E-state index in [1.807, 2.05) is 60.7 Å². The highest BCUT2D eigenvalue weighted by Gasteiger charge is 2.44. The van der Waals surface area contributed by atoms with Crippen molar-refractivity contribution >= 4 is 5.69 Å². The van der Waals surface area contributed by atoms with Crippen molar-refractivity contribution in [2.75, 3.05) is 18.0 Å². The van der Waals surface area contributed by atoms with Gasteiger partial charge in [0.15, 0.2) is 17.3 Å². The number of para-hydroxylation sites is 1. The molecule has 5 aromatic rings. The number of nitrogens with zero attached hydrogens (tertiary/aromatic N) is 5. The number of rotatable bonds is 7. The van der Waals surface area contributed by atoms with Crippen LogP contribution in [0.4, 0.5) is 18.9 Å². The minimum atomic E-state index is -2.78. The maximum atomic E-state index is 15.3. The molecular formula is C29H22F3N5O2. The van der Waals surface area contributed by atoms with Crippen LogP contribution in [0.2, 0.25) is 0 Å². The Morgan fingerprint density at radius 3 is 2.31 bits per heavy atom. The first-order valence-electron chi connectivity index (χ1n) is 12.2. The summed E-state index contributed by atoms with van der Waals surface area (Å²) in [6.45, 7) is -0.817. The van der Waals surface area contributed by atoms with Crippen LogP contribution < -0.4 is 15.1 Å². The molecule has 1 aliphatic rings. The summed E-state index contributed by atoms with van der Waals surface area (Å²) in [6.07, 6.45) is 2.87. The van der Waals surface area contributed by atoms with E-state index in [2.05, 4.69) is 10.2 Å². The molecule has 1 aliphatic heterocycles. The Bertz CT molecular complexity index is 1680. The molecular weight excluding hydrogens is 507 g/mol. The third-order valence-corrected chi connectivity index (χ3v) is 6.40. The van der Waals surface area contributed by atoms with E-state index in [0.29, 0.717) is 17.1 Å². The Labute approximate surface area is 221 Å². The maximum Gasteiger partial charge on any atom is 0.282 e. The third kappa shape index (κ3) is 4.88. The number of benzene rings is 3. The zero-order valence-corrected chi connectivity index (χ0v) is 20.5. The van der Waals surface area contributed by atoms with E-state index in [4.69, 9.17) is 4.74 Å². The van der Waals surface area contributed by atoms with Crippen LogP contribution in [-0.2, 0) is 6.61 Å². The molecule has 0 atom stereocenters. The first-order chi connectivity index (χ1) is 18.9.